The van der Waals surface area contributed by atoms with Crippen LogP contribution in [0.15, 0.2) is 36.4 Å². The number of carbonyl (C=O) groups is 1. The lowest BCUT2D eigenvalue weighted by Crippen LogP contribution is -2.20. The topological polar surface area (TPSA) is 78.9 Å². The highest BCUT2D eigenvalue weighted by molar-refractivity contribution is 5.99. The number of rotatable bonds is 3. The van der Waals surface area contributed by atoms with E-state index >= 15 is 0 Å². The molecule has 3 rings (SSSR count). The molecule has 2 aromatic rings. The van der Waals surface area contributed by atoms with Gasteiger partial charge in [0, 0.05) is 18.5 Å². The van der Waals surface area contributed by atoms with Crippen LogP contribution in [0, 0.1) is 17.1 Å². The Morgan fingerprint density at radius 1 is 1.27 bits per heavy atom. The number of hydrogen-bond donors (Lipinski definition) is 2. The normalized spacial score (nSPS) is 14.1. The Bertz CT molecular complexity index is 795. The van der Waals surface area contributed by atoms with E-state index in [1.807, 2.05) is 18.2 Å². The molecule has 4 nitrogen and oxygen atoms in total. The molecule has 3 N–H and O–H groups in total. The maximum atomic E-state index is 14.1. The average Bonchev–Trinajstić information content (AvgIpc) is 2.90. The zero-order valence-corrected chi connectivity index (χ0v) is 11.8. The SMILES string of the molecule is N#CC(N)Cc1ccc(-c2ccc3c(c2)C(=O)NC3)cc1F. The molecule has 1 unspecified atom stereocenters. The van der Waals surface area contributed by atoms with Gasteiger partial charge in [0.25, 0.3) is 5.91 Å². The van der Waals surface area contributed by atoms with Crippen LogP contribution in [0.2, 0.25) is 0 Å². The monoisotopic (exact) mass is 295 g/mol. The van der Waals surface area contributed by atoms with E-state index < -0.39 is 11.9 Å². The smallest absolute Gasteiger partial charge is 0.251 e. The number of nitrogens with one attached hydrogen (secondary N) is 1. The van der Waals surface area contributed by atoms with Crippen LogP contribution in [0.5, 0.6) is 0 Å². The maximum Gasteiger partial charge on any atom is 0.251 e. The van der Waals surface area contributed by atoms with E-state index in [2.05, 4.69) is 5.32 Å². The highest BCUT2D eigenvalue weighted by Crippen LogP contribution is 2.26. The first-order valence-electron chi connectivity index (χ1n) is 6.93. The minimum Gasteiger partial charge on any atom is -0.348 e. The lowest BCUT2D eigenvalue weighted by Gasteiger charge is -2.08. The molecule has 0 aliphatic carbocycles. The van der Waals surface area contributed by atoms with Gasteiger partial charge in [-0.25, -0.2) is 4.39 Å². The summed E-state index contributed by atoms with van der Waals surface area (Å²) in [5.41, 5.74) is 9.00. The van der Waals surface area contributed by atoms with Crippen LogP contribution >= 0.6 is 0 Å². The van der Waals surface area contributed by atoms with Gasteiger partial charge in [0.2, 0.25) is 0 Å². The van der Waals surface area contributed by atoms with Crippen LogP contribution in [-0.4, -0.2) is 11.9 Å². The quantitative estimate of drug-likeness (QED) is 0.910. The number of amides is 1. The van der Waals surface area contributed by atoms with Crippen molar-refractivity contribution in [1.82, 2.24) is 5.32 Å². The van der Waals surface area contributed by atoms with Crippen molar-refractivity contribution in [2.45, 2.75) is 19.0 Å². The fourth-order valence-corrected chi connectivity index (χ4v) is 2.57. The van der Waals surface area contributed by atoms with Gasteiger partial charge in [0.1, 0.15) is 5.82 Å². The first-order valence-corrected chi connectivity index (χ1v) is 6.93. The number of nitrogens with two attached hydrogens (primary N) is 1. The van der Waals surface area contributed by atoms with E-state index in [-0.39, 0.29) is 12.3 Å². The number of fused-ring (bicyclic) bond motifs is 1. The predicted octanol–water partition coefficient (Wildman–Crippen LogP) is 2.13. The van der Waals surface area contributed by atoms with Crippen LogP contribution < -0.4 is 11.1 Å². The van der Waals surface area contributed by atoms with Gasteiger partial charge < -0.3 is 11.1 Å². The second-order valence-electron chi connectivity index (χ2n) is 5.30. The summed E-state index contributed by atoms with van der Waals surface area (Å²) in [6.45, 7) is 0.536. The van der Waals surface area contributed by atoms with Crippen molar-refractivity contribution in [2.75, 3.05) is 0 Å². The van der Waals surface area contributed by atoms with Crippen molar-refractivity contribution >= 4 is 5.91 Å². The number of carbonyl (C=O) groups excluding carboxylic acids is 1. The Morgan fingerprint density at radius 2 is 2.00 bits per heavy atom. The summed E-state index contributed by atoms with van der Waals surface area (Å²) in [7, 11) is 0. The van der Waals surface area contributed by atoms with Crippen molar-refractivity contribution < 1.29 is 9.18 Å². The summed E-state index contributed by atoms with van der Waals surface area (Å²) in [5, 5.41) is 11.5. The van der Waals surface area contributed by atoms with E-state index in [1.54, 1.807) is 18.2 Å². The second-order valence-corrected chi connectivity index (χ2v) is 5.30. The van der Waals surface area contributed by atoms with Crippen LogP contribution in [0.4, 0.5) is 4.39 Å². The van der Waals surface area contributed by atoms with Gasteiger partial charge in [-0.1, -0.05) is 24.3 Å². The third-order valence-corrected chi connectivity index (χ3v) is 3.79. The highest BCUT2D eigenvalue weighted by Gasteiger charge is 2.19. The van der Waals surface area contributed by atoms with Gasteiger partial charge in [-0.2, -0.15) is 5.26 Å². The van der Waals surface area contributed by atoms with E-state index in [4.69, 9.17) is 11.0 Å². The van der Waals surface area contributed by atoms with Gasteiger partial charge in [0.15, 0.2) is 0 Å². The molecule has 0 fully saturated rings. The summed E-state index contributed by atoms with van der Waals surface area (Å²) in [6, 6.07) is 11.5. The molecule has 1 atom stereocenters. The molecule has 1 aliphatic heterocycles. The molecule has 2 aromatic carbocycles. The summed E-state index contributed by atoms with van der Waals surface area (Å²) in [6.07, 6.45) is 0.176. The van der Waals surface area contributed by atoms with Crippen LogP contribution in [0.1, 0.15) is 21.5 Å². The Hall–Kier alpha value is -2.71. The Balaban J connectivity index is 1.93. The van der Waals surface area contributed by atoms with Crippen molar-refractivity contribution in [1.29, 1.82) is 5.26 Å². The molecule has 0 bridgehead atoms. The van der Waals surface area contributed by atoms with E-state index in [1.165, 1.54) is 6.07 Å². The fraction of sp³-hybridized carbons (Fsp3) is 0.176. The Kier molecular flexibility index (Phi) is 3.61. The zero-order valence-electron chi connectivity index (χ0n) is 11.8. The van der Waals surface area contributed by atoms with Gasteiger partial charge in [0.05, 0.1) is 12.1 Å². The summed E-state index contributed by atoms with van der Waals surface area (Å²) in [5.74, 6) is -0.498. The molecule has 110 valence electrons. The summed E-state index contributed by atoms with van der Waals surface area (Å²) in [4.78, 5) is 11.7. The number of halogens is 1. The first kappa shape index (κ1) is 14.2. The molecule has 0 spiro atoms. The van der Waals surface area contributed by atoms with Crippen molar-refractivity contribution in [3.05, 3.63) is 58.9 Å². The minimum absolute atomic E-state index is 0.103. The summed E-state index contributed by atoms with van der Waals surface area (Å²) < 4.78 is 14.1. The molecule has 1 heterocycles. The molecule has 0 saturated carbocycles. The van der Waals surface area contributed by atoms with E-state index in [0.717, 1.165) is 11.1 Å². The molecule has 1 amide bonds. The zero-order chi connectivity index (χ0) is 15.7. The van der Waals surface area contributed by atoms with E-state index in [9.17, 15) is 9.18 Å². The first-order chi connectivity index (χ1) is 10.6. The largest absolute Gasteiger partial charge is 0.348 e. The van der Waals surface area contributed by atoms with Gasteiger partial charge in [-0.15, -0.1) is 0 Å². The number of benzene rings is 2. The Labute approximate surface area is 127 Å². The lowest BCUT2D eigenvalue weighted by atomic mass is 9.98. The summed E-state index contributed by atoms with van der Waals surface area (Å²) >= 11 is 0. The highest BCUT2D eigenvalue weighted by atomic mass is 19.1. The van der Waals surface area contributed by atoms with E-state index in [0.29, 0.717) is 23.2 Å². The molecule has 1 aliphatic rings. The number of nitrogens with zero attached hydrogens (tertiary/aromatic N) is 1. The predicted molar refractivity (Wildman–Crippen MR) is 80.3 cm³/mol. The minimum atomic E-state index is -0.718. The average molecular weight is 295 g/mol. The third-order valence-electron chi connectivity index (χ3n) is 3.79. The Morgan fingerprint density at radius 3 is 2.73 bits per heavy atom. The van der Waals surface area contributed by atoms with Crippen molar-refractivity contribution in [2.24, 2.45) is 5.73 Å². The molecule has 0 aromatic heterocycles. The lowest BCUT2D eigenvalue weighted by molar-refractivity contribution is 0.0966. The maximum absolute atomic E-state index is 14.1. The fourth-order valence-electron chi connectivity index (χ4n) is 2.57. The van der Waals surface area contributed by atoms with Crippen molar-refractivity contribution in [3.63, 3.8) is 0 Å². The molecule has 22 heavy (non-hydrogen) atoms. The van der Waals surface area contributed by atoms with Crippen molar-refractivity contribution in [3.8, 4) is 17.2 Å². The van der Waals surface area contributed by atoms with Crippen LogP contribution in [0.3, 0.4) is 0 Å². The third kappa shape index (κ3) is 2.57. The molecule has 0 saturated heterocycles. The molecule has 0 radical (unpaired) electrons. The molecular weight excluding hydrogens is 281 g/mol. The van der Waals surface area contributed by atoms with Gasteiger partial charge in [-0.05, 0) is 34.4 Å². The standard InChI is InChI=1S/C17H14FN3O/c18-16-7-11(1-3-12(16)5-14(20)8-19)10-2-4-13-9-21-17(22)15(13)6-10/h1-4,6-7,14H,5,9,20H2,(H,21,22). The number of nitriles is 1. The molecule has 5 heteroatoms. The van der Waals surface area contributed by atoms with Gasteiger partial charge >= 0.3 is 0 Å². The second kappa shape index (κ2) is 5.58. The van der Waals surface area contributed by atoms with Gasteiger partial charge in [-0.3, -0.25) is 4.79 Å². The number of hydrogen-bond acceptors (Lipinski definition) is 3. The van der Waals surface area contributed by atoms with Crippen LogP contribution in [0.25, 0.3) is 11.1 Å². The molecular formula is C17H14FN3O. The van der Waals surface area contributed by atoms with Crippen LogP contribution in [-0.2, 0) is 13.0 Å².